The zero-order valence-corrected chi connectivity index (χ0v) is 11.5. The number of hydrogen-bond donors (Lipinski definition) is 3. The number of amides is 1. The Balaban J connectivity index is 2.33. The average Bonchev–Trinajstić information content (AvgIpc) is 2.43. The number of nitrogens with zero attached hydrogens (tertiary/aromatic N) is 1. The van der Waals surface area contributed by atoms with Crippen LogP contribution in [-0.4, -0.2) is 10.9 Å². The van der Waals surface area contributed by atoms with E-state index in [0.717, 1.165) is 0 Å². The maximum Gasteiger partial charge on any atom is 0.276 e. The van der Waals surface area contributed by atoms with Crippen LogP contribution in [0.5, 0.6) is 0 Å². The van der Waals surface area contributed by atoms with Crippen LogP contribution in [0.1, 0.15) is 10.5 Å². The van der Waals surface area contributed by atoms with Gasteiger partial charge in [-0.15, -0.1) is 0 Å². The maximum atomic E-state index is 13.6. The first kappa shape index (κ1) is 14.5. The molecule has 0 aliphatic rings. The Labute approximate surface area is 123 Å². The number of anilines is 2. The Morgan fingerprint density at radius 3 is 2.60 bits per heavy atom. The molecular weight excluding hydrogens is 306 g/mol. The van der Waals surface area contributed by atoms with Crippen LogP contribution in [0.2, 0.25) is 10.0 Å². The van der Waals surface area contributed by atoms with Gasteiger partial charge in [-0.25, -0.2) is 15.2 Å². The molecule has 20 heavy (non-hydrogen) atoms. The molecule has 1 aromatic heterocycles. The van der Waals surface area contributed by atoms with Gasteiger partial charge in [0.25, 0.3) is 5.91 Å². The number of nitrogens with two attached hydrogens (primary N) is 1. The standard InChI is InChI=1S/C12H9Cl2FN4O/c13-6-2-1-3-8(15)10(6)18-12(20)11-7(14)4-5-9(17-11)19-16/h1-5H,16H2,(H,17,19)(H,18,20). The predicted molar refractivity (Wildman–Crippen MR) is 76.4 cm³/mol. The highest BCUT2D eigenvalue weighted by molar-refractivity contribution is 6.35. The van der Waals surface area contributed by atoms with E-state index in [1.54, 1.807) is 0 Å². The number of aromatic nitrogens is 1. The number of halogens is 3. The summed E-state index contributed by atoms with van der Waals surface area (Å²) in [6, 6.07) is 7.00. The quantitative estimate of drug-likeness (QED) is 0.601. The van der Waals surface area contributed by atoms with Gasteiger partial charge in [-0.2, -0.15) is 0 Å². The Kier molecular flexibility index (Phi) is 4.39. The van der Waals surface area contributed by atoms with Crippen molar-refractivity contribution in [3.05, 3.63) is 51.9 Å². The van der Waals surface area contributed by atoms with Gasteiger partial charge in [-0.1, -0.05) is 29.3 Å². The third kappa shape index (κ3) is 2.98. The summed E-state index contributed by atoms with van der Waals surface area (Å²) < 4.78 is 13.6. The lowest BCUT2D eigenvalue weighted by molar-refractivity contribution is 0.102. The molecule has 0 fully saturated rings. The van der Waals surface area contributed by atoms with E-state index in [2.05, 4.69) is 15.7 Å². The monoisotopic (exact) mass is 314 g/mol. The van der Waals surface area contributed by atoms with E-state index < -0.39 is 11.7 Å². The van der Waals surface area contributed by atoms with Crippen molar-refractivity contribution in [1.29, 1.82) is 0 Å². The molecule has 104 valence electrons. The third-order valence-corrected chi connectivity index (χ3v) is 3.03. The smallest absolute Gasteiger partial charge is 0.276 e. The van der Waals surface area contributed by atoms with Crippen LogP contribution in [0.15, 0.2) is 30.3 Å². The number of carbonyl (C=O) groups excluding carboxylic acids is 1. The van der Waals surface area contributed by atoms with Gasteiger partial charge in [0.15, 0.2) is 0 Å². The van der Waals surface area contributed by atoms with Gasteiger partial charge in [0.05, 0.1) is 15.7 Å². The van der Waals surface area contributed by atoms with Crippen LogP contribution in [-0.2, 0) is 0 Å². The van der Waals surface area contributed by atoms with Gasteiger partial charge >= 0.3 is 0 Å². The van der Waals surface area contributed by atoms with Crippen molar-refractivity contribution in [1.82, 2.24) is 4.98 Å². The van der Waals surface area contributed by atoms with Crippen LogP contribution in [0.3, 0.4) is 0 Å². The first-order valence-corrected chi connectivity index (χ1v) is 6.17. The lowest BCUT2D eigenvalue weighted by atomic mass is 10.2. The first-order chi connectivity index (χ1) is 9.52. The molecule has 0 saturated carbocycles. The van der Waals surface area contributed by atoms with Crippen LogP contribution < -0.4 is 16.6 Å². The first-order valence-electron chi connectivity index (χ1n) is 5.41. The predicted octanol–water partition coefficient (Wildman–Crippen LogP) is 3.07. The lowest BCUT2D eigenvalue weighted by Crippen LogP contribution is -2.17. The van der Waals surface area contributed by atoms with Crippen LogP contribution in [0.25, 0.3) is 0 Å². The van der Waals surface area contributed by atoms with Gasteiger partial charge in [-0.3, -0.25) is 4.79 Å². The van der Waals surface area contributed by atoms with E-state index >= 15 is 0 Å². The molecule has 1 aromatic carbocycles. The summed E-state index contributed by atoms with van der Waals surface area (Å²) in [4.78, 5) is 16.0. The summed E-state index contributed by atoms with van der Waals surface area (Å²) >= 11 is 11.7. The molecule has 0 atom stereocenters. The van der Waals surface area contributed by atoms with Gasteiger partial charge < -0.3 is 10.7 Å². The van der Waals surface area contributed by atoms with E-state index in [0.29, 0.717) is 0 Å². The van der Waals surface area contributed by atoms with Crippen molar-refractivity contribution in [3.8, 4) is 0 Å². The van der Waals surface area contributed by atoms with E-state index in [1.807, 2.05) is 0 Å². The lowest BCUT2D eigenvalue weighted by Gasteiger charge is -2.09. The second-order valence-corrected chi connectivity index (χ2v) is 4.54. The Morgan fingerprint density at radius 1 is 1.20 bits per heavy atom. The molecule has 4 N–H and O–H groups in total. The topological polar surface area (TPSA) is 80.0 Å². The second-order valence-electron chi connectivity index (χ2n) is 3.72. The minimum atomic E-state index is -0.695. The van der Waals surface area contributed by atoms with Crippen LogP contribution in [0.4, 0.5) is 15.9 Å². The summed E-state index contributed by atoms with van der Waals surface area (Å²) in [6.07, 6.45) is 0. The molecule has 0 radical (unpaired) electrons. The van der Waals surface area contributed by atoms with E-state index in [9.17, 15) is 9.18 Å². The number of rotatable bonds is 3. The summed E-state index contributed by atoms with van der Waals surface area (Å²) in [5, 5.41) is 2.50. The molecule has 2 aromatic rings. The highest BCUT2D eigenvalue weighted by atomic mass is 35.5. The highest BCUT2D eigenvalue weighted by Crippen LogP contribution is 2.26. The second kappa shape index (κ2) is 6.04. The van der Waals surface area contributed by atoms with E-state index in [4.69, 9.17) is 29.0 Å². The van der Waals surface area contributed by atoms with Gasteiger partial charge in [0.2, 0.25) is 0 Å². The van der Waals surface area contributed by atoms with Crippen molar-refractivity contribution < 1.29 is 9.18 Å². The number of nitrogens with one attached hydrogen (secondary N) is 2. The van der Waals surface area contributed by atoms with Crippen LogP contribution >= 0.6 is 23.2 Å². The summed E-state index contributed by atoms with van der Waals surface area (Å²) in [6.45, 7) is 0. The number of carbonyl (C=O) groups is 1. The molecule has 0 spiro atoms. The summed E-state index contributed by atoms with van der Waals surface area (Å²) in [5.74, 6) is 4.10. The number of benzene rings is 1. The Hall–Kier alpha value is -1.89. The van der Waals surface area contributed by atoms with Crippen LogP contribution in [0, 0.1) is 5.82 Å². The molecular formula is C12H9Cl2FN4O. The Bertz CT molecular complexity index is 646. The molecule has 5 nitrogen and oxygen atoms in total. The van der Waals surface area contributed by atoms with Crippen molar-refractivity contribution in [2.75, 3.05) is 10.7 Å². The highest BCUT2D eigenvalue weighted by Gasteiger charge is 2.16. The van der Waals surface area contributed by atoms with E-state index in [-0.39, 0.29) is 27.2 Å². The molecule has 1 heterocycles. The summed E-state index contributed by atoms with van der Waals surface area (Å²) in [5.41, 5.74) is 2.05. The Morgan fingerprint density at radius 2 is 1.95 bits per heavy atom. The van der Waals surface area contributed by atoms with Crippen molar-refractivity contribution in [2.24, 2.45) is 5.84 Å². The van der Waals surface area contributed by atoms with Crippen molar-refractivity contribution >= 4 is 40.6 Å². The molecule has 8 heteroatoms. The molecule has 0 aliphatic heterocycles. The summed E-state index contributed by atoms with van der Waals surface area (Å²) in [7, 11) is 0. The number of hydrazine groups is 1. The third-order valence-electron chi connectivity index (χ3n) is 2.41. The molecule has 0 aliphatic carbocycles. The fourth-order valence-corrected chi connectivity index (χ4v) is 1.87. The van der Waals surface area contributed by atoms with Gasteiger partial charge in [-0.05, 0) is 24.3 Å². The zero-order valence-electron chi connectivity index (χ0n) is 9.95. The minimum absolute atomic E-state index is 0.0718. The molecule has 1 amide bonds. The molecule has 0 bridgehead atoms. The zero-order chi connectivity index (χ0) is 14.7. The van der Waals surface area contributed by atoms with E-state index in [1.165, 1.54) is 30.3 Å². The number of hydrogen-bond acceptors (Lipinski definition) is 4. The fourth-order valence-electron chi connectivity index (χ4n) is 1.47. The molecule has 0 unspecified atom stereocenters. The minimum Gasteiger partial charge on any atom is -0.317 e. The normalized spacial score (nSPS) is 10.2. The molecule has 2 rings (SSSR count). The number of para-hydroxylation sites is 1. The van der Waals surface area contributed by atoms with Crippen molar-refractivity contribution in [2.45, 2.75) is 0 Å². The fraction of sp³-hybridized carbons (Fsp3) is 0. The number of nitrogen functional groups attached to an aromatic ring is 1. The van der Waals surface area contributed by atoms with Gasteiger partial charge in [0.1, 0.15) is 17.3 Å². The largest absolute Gasteiger partial charge is 0.317 e. The number of pyridine rings is 1. The SMILES string of the molecule is NNc1ccc(Cl)c(C(=O)Nc2c(F)cccc2Cl)n1. The average molecular weight is 315 g/mol. The van der Waals surface area contributed by atoms with Gasteiger partial charge in [0, 0.05) is 0 Å². The maximum absolute atomic E-state index is 13.6. The van der Waals surface area contributed by atoms with Crippen molar-refractivity contribution in [3.63, 3.8) is 0 Å². The molecule has 0 saturated heterocycles.